The van der Waals surface area contributed by atoms with Gasteiger partial charge in [0.2, 0.25) is 0 Å². The van der Waals surface area contributed by atoms with Gasteiger partial charge < -0.3 is 0 Å². The third-order valence-corrected chi connectivity index (χ3v) is 4.07. The van der Waals surface area contributed by atoms with Gasteiger partial charge in [-0.3, -0.25) is 0 Å². The minimum atomic E-state index is -0.698. The van der Waals surface area contributed by atoms with Gasteiger partial charge in [-0.2, -0.15) is 14.6 Å². The molecule has 1 aromatic rings. The molecular formula is C13H11N2O3S+. The Kier molecular flexibility index (Phi) is 2.96. The van der Waals surface area contributed by atoms with Gasteiger partial charge in [-0.25, -0.2) is 4.79 Å². The summed E-state index contributed by atoms with van der Waals surface area (Å²) in [4.78, 5) is 23.8. The van der Waals surface area contributed by atoms with Crippen LogP contribution in [0.4, 0.5) is 4.79 Å². The van der Waals surface area contributed by atoms with E-state index in [4.69, 9.17) is 0 Å². The molecule has 0 radical (unpaired) electrons. The van der Waals surface area contributed by atoms with Crippen LogP contribution < -0.4 is 0 Å². The van der Waals surface area contributed by atoms with Crippen LogP contribution in [-0.2, 0) is 11.3 Å². The third kappa shape index (κ3) is 1.98. The van der Waals surface area contributed by atoms with E-state index in [0.29, 0.717) is 11.6 Å². The topological polar surface area (TPSA) is 60.6 Å². The Morgan fingerprint density at radius 1 is 1.26 bits per heavy atom. The van der Waals surface area contributed by atoms with E-state index in [1.807, 2.05) is 30.3 Å². The number of carbonyl (C=O) groups is 2. The van der Waals surface area contributed by atoms with Gasteiger partial charge in [0.05, 0.1) is 0 Å². The average Bonchev–Trinajstić information content (AvgIpc) is 2.92. The van der Waals surface area contributed by atoms with Gasteiger partial charge in [0.1, 0.15) is 6.54 Å². The second kappa shape index (κ2) is 4.64. The third-order valence-electron chi connectivity index (χ3n) is 3.06. The predicted molar refractivity (Wildman–Crippen MR) is 69.7 cm³/mol. The largest absolute Gasteiger partial charge is 0.532 e. The first-order chi connectivity index (χ1) is 9.18. The number of urea groups is 1. The Hall–Kier alpha value is -1.92. The van der Waals surface area contributed by atoms with Gasteiger partial charge in [0, 0.05) is 0 Å². The number of rotatable bonds is 2. The van der Waals surface area contributed by atoms with E-state index in [1.165, 1.54) is 16.3 Å². The SMILES string of the molecule is O=C1C2C=CSC2=[N+](Cc2ccccc2)C(=O)N1O. The molecule has 19 heavy (non-hydrogen) atoms. The van der Waals surface area contributed by atoms with Gasteiger partial charge in [0.25, 0.3) is 0 Å². The highest BCUT2D eigenvalue weighted by molar-refractivity contribution is 8.16. The lowest BCUT2D eigenvalue weighted by Crippen LogP contribution is -2.51. The average molecular weight is 275 g/mol. The molecule has 1 atom stereocenters. The lowest BCUT2D eigenvalue weighted by molar-refractivity contribution is -0.463. The number of imide groups is 1. The molecule has 0 fully saturated rings. The zero-order chi connectivity index (χ0) is 13.4. The van der Waals surface area contributed by atoms with Crippen molar-refractivity contribution in [3.63, 3.8) is 0 Å². The highest BCUT2D eigenvalue weighted by Crippen LogP contribution is 2.29. The molecule has 1 unspecified atom stereocenters. The van der Waals surface area contributed by atoms with Gasteiger partial charge in [-0.05, 0) is 16.0 Å². The minimum absolute atomic E-state index is 0.202. The molecule has 1 aromatic carbocycles. The molecule has 3 amide bonds. The molecule has 96 valence electrons. The molecule has 0 spiro atoms. The van der Waals surface area contributed by atoms with Gasteiger partial charge in [-0.15, -0.1) is 0 Å². The van der Waals surface area contributed by atoms with Crippen molar-refractivity contribution in [2.24, 2.45) is 5.92 Å². The van der Waals surface area contributed by atoms with Crippen molar-refractivity contribution in [3.8, 4) is 0 Å². The maximum Gasteiger partial charge on any atom is 0.532 e. The molecule has 2 aliphatic rings. The summed E-state index contributed by atoms with van der Waals surface area (Å²) in [6, 6.07) is 8.76. The quantitative estimate of drug-likeness (QED) is 0.660. The van der Waals surface area contributed by atoms with E-state index < -0.39 is 17.9 Å². The van der Waals surface area contributed by atoms with Gasteiger partial charge in [-0.1, -0.05) is 48.2 Å². The molecule has 3 rings (SSSR count). The standard InChI is InChI=1S/C13H11N2O3S/c16-11-10-6-7-19-12(10)14(13(17)15(11)18)8-9-4-2-1-3-5-9/h1-7,10,18H,8H2/q+1. The van der Waals surface area contributed by atoms with Crippen molar-refractivity contribution >= 4 is 28.7 Å². The summed E-state index contributed by atoms with van der Waals surface area (Å²) in [5, 5.41) is 12.2. The second-order valence-electron chi connectivity index (χ2n) is 4.27. The maximum atomic E-state index is 12.0. The zero-order valence-corrected chi connectivity index (χ0v) is 10.7. The summed E-state index contributed by atoms with van der Waals surface area (Å²) in [6.07, 6.45) is 1.69. The number of thioether (sulfide) groups is 1. The van der Waals surface area contributed by atoms with Crippen LogP contribution in [0.3, 0.4) is 0 Å². The van der Waals surface area contributed by atoms with Crippen LogP contribution in [0, 0.1) is 5.92 Å². The lowest BCUT2D eigenvalue weighted by atomic mass is 10.1. The summed E-state index contributed by atoms with van der Waals surface area (Å²) >= 11 is 1.35. The number of hydroxylamine groups is 2. The highest BCUT2D eigenvalue weighted by atomic mass is 32.2. The minimum Gasteiger partial charge on any atom is -0.242 e. The monoisotopic (exact) mass is 275 g/mol. The number of carbonyl (C=O) groups excluding carboxylic acids is 2. The smallest absolute Gasteiger partial charge is 0.242 e. The molecule has 2 aliphatic heterocycles. The van der Waals surface area contributed by atoms with Crippen molar-refractivity contribution < 1.29 is 19.4 Å². The predicted octanol–water partition coefficient (Wildman–Crippen LogP) is 1.83. The van der Waals surface area contributed by atoms with E-state index in [0.717, 1.165) is 5.56 Å². The van der Waals surface area contributed by atoms with Crippen LogP contribution >= 0.6 is 11.8 Å². The fraction of sp³-hybridized carbons (Fsp3) is 0.154. The molecule has 5 nitrogen and oxygen atoms in total. The van der Waals surface area contributed by atoms with Crippen molar-refractivity contribution in [1.29, 1.82) is 0 Å². The molecule has 0 saturated carbocycles. The number of hydrogen-bond acceptors (Lipinski definition) is 4. The van der Waals surface area contributed by atoms with Crippen molar-refractivity contribution in [2.45, 2.75) is 6.54 Å². The van der Waals surface area contributed by atoms with Crippen LogP contribution in [0.5, 0.6) is 0 Å². The fourth-order valence-electron chi connectivity index (χ4n) is 2.11. The second-order valence-corrected chi connectivity index (χ2v) is 5.19. The van der Waals surface area contributed by atoms with E-state index >= 15 is 0 Å². The molecule has 0 bridgehead atoms. The number of nitrogens with zero attached hydrogens (tertiary/aromatic N) is 2. The Balaban J connectivity index is 2.01. The Morgan fingerprint density at radius 2 is 2.00 bits per heavy atom. The van der Waals surface area contributed by atoms with Crippen molar-refractivity contribution in [3.05, 3.63) is 47.4 Å². The maximum absolute atomic E-state index is 12.0. The van der Waals surface area contributed by atoms with E-state index in [9.17, 15) is 14.8 Å². The zero-order valence-electron chi connectivity index (χ0n) is 9.89. The molecule has 0 saturated heterocycles. The number of hydrogen-bond donors (Lipinski definition) is 1. The number of benzene rings is 1. The lowest BCUT2D eigenvalue weighted by Gasteiger charge is -2.19. The van der Waals surface area contributed by atoms with Gasteiger partial charge in [0.15, 0.2) is 11.0 Å². The molecule has 2 heterocycles. The van der Waals surface area contributed by atoms with Crippen molar-refractivity contribution in [2.75, 3.05) is 0 Å². The first kappa shape index (κ1) is 12.1. The Morgan fingerprint density at radius 3 is 2.74 bits per heavy atom. The molecule has 0 aliphatic carbocycles. The van der Waals surface area contributed by atoms with Crippen LogP contribution in [0.15, 0.2) is 41.8 Å². The highest BCUT2D eigenvalue weighted by Gasteiger charge is 2.49. The first-order valence-electron chi connectivity index (χ1n) is 5.77. The van der Waals surface area contributed by atoms with Crippen LogP contribution in [-0.4, -0.2) is 31.8 Å². The Bertz CT molecular complexity index is 610. The normalized spacial score (nSPS) is 22.2. The van der Waals surface area contributed by atoms with E-state index in [2.05, 4.69) is 0 Å². The number of amides is 3. The molecule has 6 heteroatoms. The number of fused-ring (bicyclic) bond motifs is 1. The molecular weight excluding hydrogens is 264 g/mol. The summed E-state index contributed by atoms with van der Waals surface area (Å²) in [5.41, 5.74) is 0.942. The van der Waals surface area contributed by atoms with Crippen molar-refractivity contribution in [1.82, 2.24) is 5.06 Å². The van der Waals surface area contributed by atoms with Crippen LogP contribution in [0.2, 0.25) is 0 Å². The van der Waals surface area contributed by atoms with Gasteiger partial charge >= 0.3 is 11.9 Å². The first-order valence-corrected chi connectivity index (χ1v) is 6.65. The molecule has 0 aromatic heterocycles. The summed E-state index contributed by atoms with van der Waals surface area (Å²) in [7, 11) is 0. The van der Waals surface area contributed by atoms with Crippen LogP contribution in [0.25, 0.3) is 0 Å². The Labute approximate surface area is 113 Å². The van der Waals surface area contributed by atoms with E-state index in [1.54, 1.807) is 11.5 Å². The summed E-state index contributed by atoms with van der Waals surface area (Å²) < 4.78 is 1.44. The van der Waals surface area contributed by atoms with E-state index in [-0.39, 0.29) is 5.06 Å². The summed E-state index contributed by atoms with van der Waals surface area (Å²) in [5.74, 6) is -1.14. The fourth-order valence-corrected chi connectivity index (χ4v) is 3.08. The van der Waals surface area contributed by atoms with Crippen LogP contribution in [0.1, 0.15) is 5.56 Å². The molecule has 1 N–H and O–H groups in total. The summed E-state index contributed by atoms with van der Waals surface area (Å²) in [6.45, 7) is 0.338.